The van der Waals surface area contributed by atoms with Gasteiger partial charge in [-0.15, -0.1) is 0 Å². The molecule has 0 heterocycles. The van der Waals surface area contributed by atoms with Gasteiger partial charge < -0.3 is 15.0 Å². The van der Waals surface area contributed by atoms with Crippen LogP contribution in [0.15, 0.2) is 108 Å². The first-order valence-corrected chi connectivity index (χ1v) is 17.0. The van der Waals surface area contributed by atoms with E-state index in [9.17, 15) is 18.0 Å². The van der Waals surface area contributed by atoms with Gasteiger partial charge >= 0.3 is 0 Å². The van der Waals surface area contributed by atoms with Crippen molar-refractivity contribution in [1.29, 1.82) is 0 Å². The Bertz CT molecular complexity index is 1710. The summed E-state index contributed by atoms with van der Waals surface area (Å²) in [4.78, 5) is 29.9. The molecule has 0 aliphatic heterocycles. The number of sulfonamides is 1. The number of aryl methyl sites for hydroxylation is 1. The Labute approximate surface area is 277 Å². The maximum Gasteiger partial charge on any atom is 0.264 e. The quantitative estimate of drug-likeness (QED) is 0.169. The van der Waals surface area contributed by atoms with Gasteiger partial charge in [0.15, 0.2) is 0 Å². The average Bonchev–Trinajstić information content (AvgIpc) is 3.03. The lowest BCUT2D eigenvalue weighted by atomic mass is 10.0. The SMILES string of the molecule is CCOc1ccccc1N(CC(=O)N(Cc1ccc(C)cc1)[C@H](Cc1ccccc1)C(=O)NC(C)C)S(=O)(=O)c1ccc(Cl)cc1. The number of nitrogens with zero attached hydrogens (tertiary/aromatic N) is 2. The van der Waals surface area contributed by atoms with Gasteiger partial charge in [0.25, 0.3) is 10.0 Å². The van der Waals surface area contributed by atoms with Gasteiger partial charge in [-0.2, -0.15) is 0 Å². The molecular weight excluding hydrogens is 622 g/mol. The van der Waals surface area contributed by atoms with Crippen LogP contribution in [0, 0.1) is 6.92 Å². The number of nitrogens with one attached hydrogen (secondary N) is 1. The molecule has 4 aromatic rings. The lowest BCUT2D eigenvalue weighted by molar-refractivity contribution is -0.140. The van der Waals surface area contributed by atoms with Crippen molar-refractivity contribution in [2.24, 2.45) is 0 Å². The molecule has 10 heteroatoms. The molecule has 0 saturated heterocycles. The molecule has 8 nitrogen and oxygen atoms in total. The zero-order valence-corrected chi connectivity index (χ0v) is 28.1. The van der Waals surface area contributed by atoms with Crippen LogP contribution in [-0.4, -0.2) is 50.4 Å². The van der Waals surface area contributed by atoms with Crippen LogP contribution in [0.5, 0.6) is 5.75 Å². The minimum atomic E-state index is -4.30. The number of anilines is 1. The van der Waals surface area contributed by atoms with Gasteiger partial charge in [-0.3, -0.25) is 13.9 Å². The van der Waals surface area contributed by atoms with Crippen LogP contribution in [0.1, 0.15) is 37.5 Å². The predicted molar refractivity (Wildman–Crippen MR) is 183 cm³/mol. The van der Waals surface area contributed by atoms with Crippen molar-refractivity contribution >= 4 is 39.1 Å². The molecule has 4 rings (SSSR count). The molecule has 2 amide bonds. The fraction of sp³-hybridized carbons (Fsp3) is 0.278. The molecule has 0 unspecified atom stereocenters. The number of para-hydroxylation sites is 2. The molecule has 4 aromatic carbocycles. The first-order chi connectivity index (χ1) is 22.0. The van der Waals surface area contributed by atoms with E-state index in [1.165, 1.54) is 29.2 Å². The standard InChI is InChI=1S/C36H40ClN3O5S/c1-5-45-34-14-10-9-13-32(34)40(46(43,44)31-21-19-30(37)20-22-31)25-35(41)39(24-29-17-15-27(4)16-18-29)33(36(42)38-26(2)3)23-28-11-7-6-8-12-28/h6-22,26,33H,5,23-25H2,1-4H3,(H,38,42)/t33-/m1/s1. The Morgan fingerprint density at radius 3 is 2.11 bits per heavy atom. The summed E-state index contributed by atoms with van der Waals surface area (Å²) in [5.41, 5.74) is 2.92. The Morgan fingerprint density at radius 2 is 1.48 bits per heavy atom. The molecule has 0 aromatic heterocycles. The fourth-order valence-electron chi connectivity index (χ4n) is 5.01. The van der Waals surface area contributed by atoms with Gasteiger partial charge in [0, 0.05) is 24.0 Å². The number of hydrogen-bond donors (Lipinski definition) is 1. The minimum Gasteiger partial charge on any atom is -0.492 e. The van der Waals surface area contributed by atoms with E-state index in [0.29, 0.717) is 10.8 Å². The fourth-order valence-corrected chi connectivity index (χ4v) is 6.56. The molecule has 1 atom stereocenters. The number of ether oxygens (including phenoxy) is 1. The van der Waals surface area contributed by atoms with Gasteiger partial charge in [0.05, 0.1) is 17.2 Å². The Morgan fingerprint density at radius 1 is 0.848 bits per heavy atom. The number of benzene rings is 4. The van der Waals surface area contributed by atoms with Crippen LogP contribution in [0.3, 0.4) is 0 Å². The van der Waals surface area contributed by atoms with E-state index >= 15 is 0 Å². The Kier molecular flexibility index (Phi) is 11.8. The van der Waals surface area contributed by atoms with Gasteiger partial charge in [-0.1, -0.05) is 83.9 Å². The first-order valence-electron chi connectivity index (χ1n) is 15.2. The van der Waals surface area contributed by atoms with Crippen LogP contribution in [0.25, 0.3) is 0 Å². The van der Waals surface area contributed by atoms with Gasteiger partial charge in [0.1, 0.15) is 18.3 Å². The van der Waals surface area contributed by atoms with E-state index in [2.05, 4.69) is 5.32 Å². The maximum atomic E-state index is 14.6. The van der Waals surface area contributed by atoms with Gasteiger partial charge in [-0.05, 0) is 75.2 Å². The highest BCUT2D eigenvalue weighted by atomic mass is 35.5. The zero-order chi connectivity index (χ0) is 33.3. The average molecular weight is 662 g/mol. The summed E-state index contributed by atoms with van der Waals surface area (Å²) in [5.74, 6) is -0.579. The van der Waals surface area contributed by atoms with Crippen LogP contribution in [0.2, 0.25) is 5.02 Å². The van der Waals surface area contributed by atoms with Crippen molar-refractivity contribution in [2.75, 3.05) is 17.5 Å². The molecule has 0 spiro atoms. The van der Waals surface area contributed by atoms with Crippen LogP contribution in [0.4, 0.5) is 5.69 Å². The smallest absolute Gasteiger partial charge is 0.264 e. The summed E-state index contributed by atoms with van der Waals surface area (Å²) < 4.78 is 35.4. The second kappa shape index (κ2) is 15.8. The lowest BCUT2D eigenvalue weighted by Gasteiger charge is -2.34. The number of rotatable bonds is 14. The molecule has 0 saturated carbocycles. The number of halogens is 1. The molecule has 0 bridgehead atoms. The molecule has 242 valence electrons. The van der Waals surface area contributed by atoms with Crippen molar-refractivity contribution in [1.82, 2.24) is 10.2 Å². The van der Waals surface area contributed by atoms with E-state index in [4.69, 9.17) is 16.3 Å². The number of amides is 2. The summed E-state index contributed by atoms with van der Waals surface area (Å²) in [6, 6.07) is 28.5. The van der Waals surface area contributed by atoms with Crippen molar-refractivity contribution in [3.05, 3.63) is 125 Å². The normalized spacial score (nSPS) is 12.0. The summed E-state index contributed by atoms with van der Waals surface area (Å²) in [6.07, 6.45) is 0.233. The highest BCUT2D eigenvalue weighted by molar-refractivity contribution is 7.92. The second-order valence-electron chi connectivity index (χ2n) is 11.2. The zero-order valence-electron chi connectivity index (χ0n) is 26.5. The number of hydrogen-bond acceptors (Lipinski definition) is 5. The monoisotopic (exact) mass is 661 g/mol. The number of carbonyl (C=O) groups excluding carboxylic acids is 2. The van der Waals surface area contributed by atoms with E-state index in [-0.39, 0.29) is 42.1 Å². The topological polar surface area (TPSA) is 96.0 Å². The molecule has 0 aliphatic rings. The van der Waals surface area contributed by atoms with Crippen molar-refractivity contribution < 1.29 is 22.7 Å². The van der Waals surface area contributed by atoms with E-state index in [1.54, 1.807) is 31.2 Å². The minimum absolute atomic E-state index is 0.0422. The number of carbonyl (C=O) groups is 2. The van der Waals surface area contributed by atoms with Crippen LogP contribution >= 0.6 is 11.6 Å². The third kappa shape index (κ3) is 8.89. The van der Waals surface area contributed by atoms with E-state index < -0.39 is 28.5 Å². The third-order valence-electron chi connectivity index (χ3n) is 7.29. The summed E-state index contributed by atoms with van der Waals surface area (Å²) in [7, 11) is -4.30. The van der Waals surface area contributed by atoms with Crippen molar-refractivity contribution in [2.45, 2.75) is 57.6 Å². The van der Waals surface area contributed by atoms with Gasteiger partial charge in [0.2, 0.25) is 11.8 Å². The highest BCUT2D eigenvalue weighted by Crippen LogP contribution is 2.33. The molecule has 0 aliphatic carbocycles. The van der Waals surface area contributed by atoms with E-state index in [1.807, 2.05) is 75.4 Å². The Hall–Kier alpha value is -4.34. The van der Waals surface area contributed by atoms with Crippen LogP contribution in [-0.2, 0) is 32.6 Å². The van der Waals surface area contributed by atoms with Crippen molar-refractivity contribution in [3.63, 3.8) is 0 Å². The van der Waals surface area contributed by atoms with Crippen LogP contribution < -0.4 is 14.4 Å². The first kappa shape index (κ1) is 34.5. The summed E-state index contributed by atoms with van der Waals surface area (Å²) in [6.45, 7) is 7.27. The maximum absolute atomic E-state index is 14.6. The molecular formula is C36H40ClN3O5S. The summed E-state index contributed by atoms with van der Waals surface area (Å²) >= 11 is 6.08. The Balaban J connectivity index is 1.84. The lowest BCUT2D eigenvalue weighted by Crippen LogP contribution is -2.54. The molecule has 0 radical (unpaired) electrons. The molecule has 46 heavy (non-hydrogen) atoms. The second-order valence-corrected chi connectivity index (χ2v) is 13.5. The molecule has 0 fully saturated rings. The van der Waals surface area contributed by atoms with Crippen molar-refractivity contribution in [3.8, 4) is 5.75 Å². The summed E-state index contributed by atoms with van der Waals surface area (Å²) in [5, 5.41) is 3.34. The third-order valence-corrected chi connectivity index (χ3v) is 9.32. The molecule has 1 N–H and O–H groups in total. The van der Waals surface area contributed by atoms with Gasteiger partial charge in [-0.25, -0.2) is 8.42 Å². The largest absolute Gasteiger partial charge is 0.492 e. The highest BCUT2D eigenvalue weighted by Gasteiger charge is 2.35. The van der Waals surface area contributed by atoms with E-state index in [0.717, 1.165) is 21.0 Å². The predicted octanol–water partition coefficient (Wildman–Crippen LogP) is 6.41.